The molecule has 2 aromatic carbocycles. The SMILES string of the molecule is COc1cc(C(=O)OCC(=O)/C(C#N)=C2\Sc3ccccc3N2C)ccc1C. The molecule has 0 bridgehead atoms. The molecule has 0 aromatic heterocycles. The third-order valence-corrected chi connectivity index (χ3v) is 5.56. The molecule has 0 spiro atoms. The summed E-state index contributed by atoms with van der Waals surface area (Å²) >= 11 is 1.35. The number of nitriles is 1. The van der Waals surface area contributed by atoms with Crippen molar-refractivity contribution in [1.82, 2.24) is 0 Å². The number of carbonyl (C=O) groups is 2. The molecule has 6 nitrogen and oxygen atoms in total. The van der Waals surface area contributed by atoms with Crippen LogP contribution in [-0.2, 0) is 9.53 Å². The molecule has 0 saturated heterocycles. The maximum atomic E-state index is 12.5. The number of nitrogens with zero attached hydrogens (tertiary/aromatic N) is 2. The number of fused-ring (bicyclic) bond motifs is 1. The first-order chi connectivity index (χ1) is 13.5. The van der Waals surface area contributed by atoms with Crippen LogP contribution in [0.4, 0.5) is 5.69 Å². The van der Waals surface area contributed by atoms with Gasteiger partial charge in [0.05, 0.1) is 18.4 Å². The summed E-state index contributed by atoms with van der Waals surface area (Å²) < 4.78 is 10.3. The topological polar surface area (TPSA) is 79.6 Å². The zero-order chi connectivity index (χ0) is 20.3. The fourth-order valence-corrected chi connectivity index (χ4v) is 3.95. The van der Waals surface area contributed by atoms with Crippen LogP contribution in [0.1, 0.15) is 15.9 Å². The number of Topliss-reactive ketones (excluding diaryl/α,β-unsaturated/α-hetero) is 1. The summed E-state index contributed by atoms with van der Waals surface area (Å²) in [7, 11) is 3.31. The number of rotatable bonds is 5. The molecule has 1 heterocycles. The van der Waals surface area contributed by atoms with Gasteiger partial charge in [0, 0.05) is 11.9 Å². The molecule has 0 N–H and O–H groups in total. The molecule has 0 atom stereocenters. The van der Waals surface area contributed by atoms with Gasteiger partial charge < -0.3 is 14.4 Å². The summed E-state index contributed by atoms with van der Waals surface area (Å²) in [6.07, 6.45) is 0. The number of ketones is 1. The second-order valence-corrected chi connectivity index (χ2v) is 7.14. The molecule has 0 saturated carbocycles. The standard InChI is InChI=1S/C21H18N2O4S/c1-13-8-9-14(10-18(13)26-3)21(25)27-12-17(24)15(11-22)20-23(2)16-6-4-5-7-19(16)28-20/h4-10H,12H2,1-3H3/b20-15-. The Hall–Kier alpha value is -3.24. The van der Waals surface area contributed by atoms with Crippen molar-refractivity contribution in [3.63, 3.8) is 0 Å². The number of methoxy groups -OCH3 is 1. The maximum Gasteiger partial charge on any atom is 0.338 e. The molecule has 2 aromatic rings. The van der Waals surface area contributed by atoms with Gasteiger partial charge in [0.15, 0.2) is 6.61 Å². The van der Waals surface area contributed by atoms with Gasteiger partial charge in [0.25, 0.3) is 0 Å². The maximum absolute atomic E-state index is 12.5. The van der Waals surface area contributed by atoms with Crippen LogP contribution in [0.2, 0.25) is 0 Å². The lowest BCUT2D eigenvalue weighted by Gasteiger charge is -2.14. The molecule has 0 unspecified atom stereocenters. The molecular weight excluding hydrogens is 376 g/mol. The van der Waals surface area contributed by atoms with E-state index < -0.39 is 18.4 Å². The summed E-state index contributed by atoms with van der Waals surface area (Å²) in [5.74, 6) is -0.635. The zero-order valence-electron chi connectivity index (χ0n) is 15.7. The van der Waals surface area contributed by atoms with Crippen LogP contribution in [0.3, 0.4) is 0 Å². The first-order valence-corrected chi connectivity index (χ1v) is 9.28. The summed E-state index contributed by atoms with van der Waals surface area (Å²) in [5.41, 5.74) is 2.05. The Morgan fingerprint density at radius 2 is 1.96 bits per heavy atom. The van der Waals surface area contributed by atoms with Crippen molar-refractivity contribution < 1.29 is 19.1 Å². The molecule has 142 valence electrons. The van der Waals surface area contributed by atoms with E-state index in [1.807, 2.05) is 37.3 Å². The van der Waals surface area contributed by atoms with Crippen molar-refractivity contribution in [2.24, 2.45) is 0 Å². The molecule has 28 heavy (non-hydrogen) atoms. The van der Waals surface area contributed by atoms with Gasteiger partial charge in [-0.25, -0.2) is 4.79 Å². The number of para-hydroxylation sites is 1. The number of aryl methyl sites for hydroxylation is 1. The van der Waals surface area contributed by atoms with Crippen LogP contribution in [-0.4, -0.2) is 32.5 Å². The van der Waals surface area contributed by atoms with Gasteiger partial charge in [-0.1, -0.05) is 30.0 Å². The average Bonchev–Trinajstić information content (AvgIpc) is 3.03. The van der Waals surface area contributed by atoms with Crippen molar-refractivity contribution in [3.8, 4) is 11.8 Å². The van der Waals surface area contributed by atoms with Crippen LogP contribution in [0.5, 0.6) is 5.75 Å². The number of ether oxygens (including phenoxy) is 2. The third kappa shape index (κ3) is 3.73. The number of benzene rings is 2. The fourth-order valence-electron chi connectivity index (χ4n) is 2.78. The van der Waals surface area contributed by atoms with E-state index in [4.69, 9.17) is 9.47 Å². The van der Waals surface area contributed by atoms with Crippen LogP contribution < -0.4 is 9.64 Å². The van der Waals surface area contributed by atoms with E-state index in [2.05, 4.69) is 0 Å². The lowest BCUT2D eigenvalue weighted by atomic mass is 10.1. The number of carbonyl (C=O) groups excluding carboxylic acids is 2. The van der Waals surface area contributed by atoms with Gasteiger partial charge in [-0.15, -0.1) is 0 Å². The number of hydrogen-bond donors (Lipinski definition) is 0. The molecule has 0 aliphatic carbocycles. The third-order valence-electron chi connectivity index (χ3n) is 4.32. The Morgan fingerprint density at radius 3 is 2.64 bits per heavy atom. The number of hydrogen-bond acceptors (Lipinski definition) is 7. The minimum absolute atomic E-state index is 0.0296. The van der Waals surface area contributed by atoms with E-state index in [9.17, 15) is 14.9 Å². The van der Waals surface area contributed by atoms with Gasteiger partial charge in [0.2, 0.25) is 5.78 Å². The normalized spacial score (nSPS) is 14.1. The highest BCUT2D eigenvalue weighted by molar-refractivity contribution is 8.03. The minimum Gasteiger partial charge on any atom is -0.496 e. The smallest absolute Gasteiger partial charge is 0.338 e. The van der Waals surface area contributed by atoms with Crippen LogP contribution >= 0.6 is 11.8 Å². The highest BCUT2D eigenvalue weighted by atomic mass is 32.2. The van der Waals surface area contributed by atoms with Crippen molar-refractivity contribution in [3.05, 3.63) is 64.2 Å². The Morgan fingerprint density at radius 1 is 1.21 bits per heavy atom. The Labute approximate surface area is 167 Å². The van der Waals surface area contributed by atoms with Gasteiger partial charge in [-0.2, -0.15) is 5.26 Å². The van der Waals surface area contributed by atoms with E-state index >= 15 is 0 Å². The molecule has 1 aliphatic rings. The van der Waals surface area contributed by atoms with Crippen molar-refractivity contribution in [2.45, 2.75) is 11.8 Å². The Bertz CT molecular complexity index is 1020. The van der Waals surface area contributed by atoms with Crippen LogP contribution in [0, 0.1) is 18.3 Å². The summed E-state index contributed by atoms with van der Waals surface area (Å²) in [4.78, 5) is 27.6. The van der Waals surface area contributed by atoms with Crippen molar-refractivity contribution >= 4 is 29.2 Å². The lowest BCUT2D eigenvalue weighted by Crippen LogP contribution is -2.20. The van der Waals surface area contributed by atoms with Crippen molar-refractivity contribution in [2.75, 3.05) is 25.7 Å². The molecule has 0 amide bonds. The van der Waals surface area contributed by atoms with Gasteiger partial charge >= 0.3 is 5.97 Å². The number of anilines is 1. The monoisotopic (exact) mass is 394 g/mol. The van der Waals surface area contributed by atoms with Gasteiger partial charge in [0.1, 0.15) is 22.4 Å². The predicted octanol–water partition coefficient (Wildman–Crippen LogP) is 3.71. The minimum atomic E-state index is -0.648. The van der Waals surface area contributed by atoms with E-state index in [1.54, 1.807) is 30.1 Å². The summed E-state index contributed by atoms with van der Waals surface area (Å²) in [6.45, 7) is 1.35. The van der Waals surface area contributed by atoms with E-state index in [0.717, 1.165) is 16.1 Å². The average molecular weight is 394 g/mol. The Balaban J connectivity index is 1.74. The van der Waals surface area contributed by atoms with E-state index in [1.165, 1.54) is 18.9 Å². The van der Waals surface area contributed by atoms with Gasteiger partial charge in [-0.05, 0) is 36.8 Å². The molecule has 0 fully saturated rings. The molecule has 3 rings (SSSR count). The molecular formula is C21H18N2O4S. The number of thioether (sulfide) groups is 1. The second kappa shape index (κ2) is 8.19. The highest BCUT2D eigenvalue weighted by Gasteiger charge is 2.28. The molecule has 0 radical (unpaired) electrons. The van der Waals surface area contributed by atoms with Crippen LogP contribution in [0.25, 0.3) is 0 Å². The first-order valence-electron chi connectivity index (χ1n) is 8.46. The Kier molecular flexibility index (Phi) is 5.71. The summed E-state index contributed by atoms with van der Waals surface area (Å²) in [5, 5.41) is 10.0. The van der Waals surface area contributed by atoms with Gasteiger partial charge in [-0.3, -0.25) is 4.79 Å². The number of esters is 1. The first kappa shape index (κ1) is 19.5. The van der Waals surface area contributed by atoms with E-state index in [-0.39, 0.29) is 11.1 Å². The van der Waals surface area contributed by atoms with Crippen molar-refractivity contribution in [1.29, 1.82) is 5.26 Å². The molecule has 1 aliphatic heterocycles. The quantitative estimate of drug-likeness (QED) is 0.434. The van der Waals surface area contributed by atoms with E-state index in [0.29, 0.717) is 10.8 Å². The summed E-state index contributed by atoms with van der Waals surface area (Å²) in [6, 6.07) is 14.5. The fraction of sp³-hybridized carbons (Fsp3) is 0.190. The lowest BCUT2D eigenvalue weighted by molar-refractivity contribution is -0.118. The van der Waals surface area contributed by atoms with Crippen LogP contribution in [0.15, 0.2) is 58.0 Å². The largest absolute Gasteiger partial charge is 0.496 e. The zero-order valence-corrected chi connectivity index (χ0v) is 16.5. The second-order valence-electron chi connectivity index (χ2n) is 6.10. The molecule has 7 heteroatoms. The predicted molar refractivity (Wildman–Crippen MR) is 106 cm³/mol. The highest BCUT2D eigenvalue weighted by Crippen LogP contribution is 2.46.